The van der Waals surface area contributed by atoms with Crippen molar-refractivity contribution in [1.82, 2.24) is 19.6 Å². The lowest BCUT2D eigenvalue weighted by atomic mass is 9.89. The standard InChI is InChI=1S/C22H28N4OS.CH2O2/c27-21(16-25-10-4-9-23-25)26-14-18-13-24(19-7-11-28-12-8-19)15-20(18)22(26)17-5-2-1-3-6-17;2-1-3/h1-6,9-10,18-20,22H,7-8,11-16H2;1H,(H,2,3)/t18-,20-,22+;/m0./s1. The molecule has 3 atom stereocenters. The number of nitrogens with zero attached hydrogens (tertiary/aromatic N) is 4. The first kappa shape index (κ1) is 21.9. The zero-order chi connectivity index (χ0) is 21.6. The number of thioether (sulfide) groups is 1. The predicted octanol–water partition coefficient (Wildman–Crippen LogP) is 2.61. The second-order valence-electron chi connectivity index (χ2n) is 8.43. The Bertz CT molecular complexity index is 842. The lowest BCUT2D eigenvalue weighted by molar-refractivity contribution is -0.133. The lowest BCUT2D eigenvalue weighted by Crippen LogP contribution is -2.41. The summed E-state index contributed by atoms with van der Waals surface area (Å²) in [5, 5.41) is 11.1. The van der Waals surface area contributed by atoms with E-state index in [-0.39, 0.29) is 18.4 Å². The molecule has 3 aliphatic heterocycles. The minimum absolute atomic E-state index is 0.188. The van der Waals surface area contributed by atoms with Crippen molar-refractivity contribution >= 4 is 24.1 Å². The third kappa shape index (κ3) is 4.96. The molecule has 0 unspecified atom stereocenters. The molecule has 1 aromatic heterocycles. The fourth-order valence-corrected chi connectivity index (χ4v) is 6.47. The van der Waals surface area contributed by atoms with Gasteiger partial charge in [0.1, 0.15) is 6.54 Å². The van der Waals surface area contributed by atoms with Crippen molar-refractivity contribution in [2.24, 2.45) is 11.8 Å². The summed E-state index contributed by atoms with van der Waals surface area (Å²) in [6.07, 6.45) is 6.25. The van der Waals surface area contributed by atoms with Crippen molar-refractivity contribution in [3.8, 4) is 0 Å². The molecule has 2 aromatic rings. The Hall–Kier alpha value is -2.32. The molecular formula is C23H30N4O3S. The number of likely N-dealkylation sites (tertiary alicyclic amines) is 2. The van der Waals surface area contributed by atoms with Gasteiger partial charge in [-0.3, -0.25) is 19.2 Å². The van der Waals surface area contributed by atoms with Crippen LogP contribution in [0.5, 0.6) is 0 Å². The lowest BCUT2D eigenvalue weighted by Gasteiger charge is -2.34. The SMILES string of the molecule is O=C(Cn1cccn1)N1C[C@@H]2CN(C3CCSCC3)C[C@@H]2[C@H]1c1ccccc1.O=CO. The van der Waals surface area contributed by atoms with Crippen LogP contribution in [0.3, 0.4) is 0 Å². The van der Waals surface area contributed by atoms with Gasteiger partial charge >= 0.3 is 0 Å². The van der Waals surface area contributed by atoms with Crippen LogP contribution < -0.4 is 0 Å². The highest BCUT2D eigenvalue weighted by molar-refractivity contribution is 7.99. The van der Waals surface area contributed by atoms with Crippen LogP contribution in [0.15, 0.2) is 48.8 Å². The Morgan fingerprint density at radius 2 is 1.87 bits per heavy atom. The molecule has 0 aliphatic carbocycles. The Kier molecular flexibility index (Phi) is 7.29. The number of rotatable bonds is 4. The molecule has 3 aliphatic rings. The number of fused-ring (bicyclic) bond motifs is 1. The molecule has 4 heterocycles. The van der Waals surface area contributed by atoms with Gasteiger partial charge in [-0.05, 0) is 41.9 Å². The van der Waals surface area contributed by atoms with Crippen molar-refractivity contribution in [2.75, 3.05) is 31.1 Å². The minimum atomic E-state index is -0.250. The van der Waals surface area contributed by atoms with E-state index in [9.17, 15) is 4.79 Å². The summed E-state index contributed by atoms with van der Waals surface area (Å²) >= 11 is 2.09. The maximum Gasteiger partial charge on any atom is 0.290 e. The molecule has 0 bridgehead atoms. The number of aromatic nitrogens is 2. The van der Waals surface area contributed by atoms with E-state index in [0.29, 0.717) is 18.4 Å². The van der Waals surface area contributed by atoms with E-state index in [1.165, 1.54) is 29.9 Å². The molecule has 3 fully saturated rings. The minimum Gasteiger partial charge on any atom is -0.483 e. The molecule has 1 amide bonds. The first-order chi connectivity index (χ1) is 15.2. The van der Waals surface area contributed by atoms with Crippen LogP contribution in [0.4, 0.5) is 0 Å². The fourth-order valence-electron chi connectivity index (χ4n) is 5.39. The van der Waals surface area contributed by atoms with Crippen LogP contribution in [0.25, 0.3) is 0 Å². The van der Waals surface area contributed by atoms with Crippen LogP contribution >= 0.6 is 11.8 Å². The third-order valence-electron chi connectivity index (χ3n) is 6.72. The van der Waals surface area contributed by atoms with Crippen LogP contribution in [0.2, 0.25) is 0 Å². The molecule has 31 heavy (non-hydrogen) atoms. The Morgan fingerprint density at radius 3 is 2.55 bits per heavy atom. The van der Waals surface area contributed by atoms with Gasteiger partial charge in [0.25, 0.3) is 6.47 Å². The van der Waals surface area contributed by atoms with Crippen LogP contribution in [0.1, 0.15) is 24.4 Å². The van der Waals surface area contributed by atoms with E-state index in [1.807, 2.05) is 12.3 Å². The van der Waals surface area contributed by atoms with Crippen LogP contribution in [-0.4, -0.2) is 74.2 Å². The molecule has 1 aromatic carbocycles. The van der Waals surface area contributed by atoms with Crippen molar-refractivity contribution in [2.45, 2.75) is 31.5 Å². The van der Waals surface area contributed by atoms with Gasteiger partial charge in [-0.15, -0.1) is 0 Å². The van der Waals surface area contributed by atoms with E-state index >= 15 is 0 Å². The number of amides is 1. The highest BCUT2D eigenvalue weighted by Gasteiger charge is 2.50. The zero-order valence-corrected chi connectivity index (χ0v) is 18.4. The summed E-state index contributed by atoms with van der Waals surface area (Å²) in [6, 6.07) is 13.5. The zero-order valence-electron chi connectivity index (χ0n) is 17.6. The molecule has 1 N–H and O–H groups in total. The van der Waals surface area contributed by atoms with Gasteiger partial charge in [0.15, 0.2) is 0 Å². The van der Waals surface area contributed by atoms with Crippen molar-refractivity contribution in [1.29, 1.82) is 0 Å². The van der Waals surface area contributed by atoms with E-state index in [2.05, 4.69) is 57.0 Å². The van der Waals surface area contributed by atoms with Gasteiger partial charge in [0.05, 0.1) is 6.04 Å². The monoisotopic (exact) mass is 442 g/mol. The molecule has 5 rings (SSSR count). The van der Waals surface area contributed by atoms with Gasteiger partial charge in [-0.25, -0.2) is 0 Å². The number of hydrogen-bond donors (Lipinski definition) is 1. The number of benzene rings is 1. The normalized spacial score (nSPS) is 26.2. The number of hydrogen-bond acceptors (Lipinski definition) is 5. The van der Waals surface area contributed by atoms with E-state index in [0.717, 1.165) is 25.7 Å². The first-order valence-electron chi connectivity index (χ1n) is 10.9. The van der Waals surface area contributed by atoms with Gasteiger partial charge in [-0.1, -0.05) is 30.3 Å². The van der Waals surface area contributed by atoms with E-state index < -0.39 is 0 Å². The molecule has 3 saturated heterocycles. The molecule has 0 spiro atoms. The van der Waals surface area contributed by atoms with Crippen molar-refractivity contribution in [3.63, 3.8) is 0 Å². The highest BCUT2D eigenvalue weighted by Crippen LogP contribution is 2.46. The Labute approximate surface area is 187 Å². The van der Waals surface area contributed by atoms with E-state index in [1.54, 1.807) is 10.9 Å². The van der Waals surface area contributed by atoms with E-state index in [4.69, 9.17) is 9.90 Å². The Balaban J connectivity index is 0.000000730. The largest absolute Gasteiger partial charge is 0.483 e. The summed E-state index contributed by atoms with van der Waals surface area (Å²) in [4.78, 5) is 26.4. The maximum atomic E-state index is 13.2. The summed E-state index contributed by atoms with van der Waals surface area (Å²) in [5.41, 5.74) is 1.28. The topological polar surface area (TPSA) is 78.7 Å². The number of carbonyl (C=O) groups excluding carboxylic acids is 1. The molecule has 8 heteroatoms. The summed E-state index contributed by atoms with van der Waals surface area (Å²) < 4.78 is 1.74. The first-order valence-corrected chi connectivity index (χ1v) is 12.1. The number of carboxylic acid groups (broad SMARTS) is 1. The predicted molar refractivity (Wildman–Crippen MR) is 121 cm³/mol. The smallest absolute Gasteiger partial charge is 0.290 e. The number of carbonyl (C=O) groups is 2. The summed E-state index contributed by atoms with van der Waals surface area (Å²) in [5.74, 6) is 3.91. The van der Waals surface area contributed by atoms with Crippen molar-refractivity contribution < 1.29 is 14.7 Å². The fraction of sp³-hybridized carbons (Fsp3) is 0.522. The molecule has 7 nitrogen and oxygen atoms in total. The van der Waals surface area contributed by atoms with Crippen LogP contribution in [-0.2, 0) is 16.1 Å². The highest BCUT2D eigenvalue weighted by atomic mass is 32.2. The van der Waals surface area contributed by atoms with Gasteiger partial charge in [-0.2, -0.15) is 16.9 Å². The molecule has 166 valence electrons. The average Bonchev–Trinajstić information content (AvgIpc) is 3.52. The summed E-state index contributed by atoms with van der Waals surface area (Å²) in [7, 11) is 0. The Morgan fingerprint density at radius 1 is 1.13 bits per heavy atom. The second-order valence-corrected chi connectivity index (χ2v) is 9.66. The van der Waals surface area contributed by atoms with Gasteiger partial charge in [0, 0.05) is 44.0 Å². The van der Waals surface area contributed by atoms with Gasteiger partial charge in [0.2, 0.25) is 5.91 Å². The van der Waals surface area contributed by atoms with Gasteiger partial charge < -0.3 is 10.0 Å². The summed E-state index contributed by atoms with van der Waals surface area (Å²) in [6.45, 7) is 3.24. The second kappa shape index (κ2) is 10.3. The van der Waals surface area contributed by atoms with Crippen molar-refractivity contribution in [3.05, 3.63) is 54.4 Å². The third-order valence-corrected chi connectivity index (χ3v) is 7.77. The van der Waals surface area contributed by atoms with Crippen LogP contribution in [0, 0.1) is 11.8 Å². The average molecular weight is 443 g/mol. The molecule has 0 saturated carbocycles. The molecular weight excluding hydrogens is 412 g/mol. The maximum absolute atomic E-state index is 13.2. The quantitative estimate of drug-likeness (QED) is 0.734. The molecule has 0 radical (unpaired) electrons.